The van der Waals surface area contributed by atoms with Gasteiger partial charge in [-0.15, -0.1) is 0 Å². The van der Waals surface area contributed by atoms with Crippen LogP contribution in [0.5, 0.6) is 0 Å². The topological polar surface area (TPSA) is 42.5 Å². The Morgan fingerprint density at radius 1 is 1.17 bits per heavy atom. The lowest BCUT2D eigenvalue weighted by Crippen LogP contribution is -2.30. The van der Waals surface area contributed by atoms with Gasteiger partial charge in [0.15, 0.2) is 0 Å². The first-order valence-corrected chi connectivity index (χ1v) is 8.21. The van der Waals surface area contributed by atoms with E-state index >= 15 is 0 Å². The molecule has 1 aromatic carbocycles. The van der Waals surface area contributed by atoms with Crippen LogP contribution in [0.15, 0.2) is 29.3 Å². The molecule has 0 unspecified atom stereocenters. The second-order valence-electron chi connectivity index (χ2n) is 6.79. The molecule has 120 valence electrons. The van der Waals surface area contributed by atoms with Crippen LogP contribution in [0.3, 0.4) is 0 Å². The number of aryl methyl sites for hydroxylation is 2. The predicted molar refractivity (Wildman–Crippen MR) is 92.1 cm³/mol. The van der Waals surface area contributed by atoms with Gasteiger partial charge in [0.2, 0.25) is 0 Å². The molecule has 3 heterocycles. The van der Waals surface area contributed by atoms with Gasteiger partial charge in [-0.05, 0) is 52.0 Å². The highest BCUT2D eigenvalue weighted by Crippen LogP contribution is 2.30. The van der Waals surface area contributed by atoms with Crippen molar-refractivity contribution in [1.29, 1.82) is 0 Å². The van der Waals surface area contributed by atoms with Gasteiger partial charge < -0.3 is 4.90 Å². The average molecular weight is 310 g/mol. The summed E-state index contributed by atoms with van der Waals surface area (Å²) in [6.07, 6.45) is 4.08. The zero-order valence-corrected chi connectivity index (χ0v) is 13.9. The fourth-order valence-electron chi connectivity index (χ4n) is 3.74. The van der Waals surface area contributed by atoms with Crippen LogP contribution in [0.4, 0.5) is 0 Å². The number of aromatic nitrogens is 3. The Morgan fingerprint density at radius 2 is 1.91 bits per heavy atom. The van der Waals surface area contributed by atoms with Crippen molar-refractivity contribution in [1.82, 2.24) is 18.9 Å². The summed E-state index contributed by atoms with van der Waals surface area (Å²) in [5.74, 6) is 0.435. The van der Waals surface area contributed by atoms with Crippen LogP contribution in [0.25, 0.3) is 16.6 Å². The maximum absolute atomic E-state index is 12.8. The fraction of sp³-hybridized carbons (Fsp3) is 0.444. The third-order valence-electron chi connectivity index (χ3n) is 5.14. The summed E-state index contributed by atoms with van der Waals surface area (Å²) in [7, 11) is 4.02. The van der Waals surface area contributed by atoms with Gasteiger partial charge in [-0.25, -0.2) is 4.98 Å². The minimum atomic E-state index is 0.0610. The van der Waals surface area contributed by atoms with E-state index in [9.17, 15) is 4.79 Å². The maximum atomic E-state index is 12.8. The lowest BCUT2D eigenvalue weighted by atomic mass is 9.94. The Labute approximate surface area is 135 Å². The predicted octanol–water partition coefficient (Wildman–Crippen LogP) is 2.30. The van der Waals surface area contributed by atoms with E-state index in [2.05, 4.69) is 22.4 Å². The van der Waals surface area contributed by atoms with Gasteiger partial charge in [0.05, 0.1) is 16.6 Å². The van der Waals surface area contributed by atoms with Crippen molar-refractivity contribution < 1.29 is 0 Å². The monoisotopic (exact) mass is 310 g/mol. The van der Waals surface area contributed by atoms with Crippen LogP contribution in [0, 0.1) is 6.92 Å². The molecule has 0 spiro atoms. The van der Waals surface area contributed by atoms with Crippen molar-refractivity contribution in [2.75, 3.05) is 20.1 Å². The summed E-state index contributed by atoms with van der Waals surface area (Å²) < 4.78 is 3.84. The Kier molecular flexibility index (Phi) is 3.27. The molecule has 0 radical (unpaired) electrons. The number of fused-ring (bicyclic) bond motifs is 3. The van der Waals surface area contributed by atoms with Crippen molar-refractivity contribution in [2.45, 2.75) is 25.7 Å². The van der Waals surface area contributed by atoms with Crippen molar-refractivity contribution in [3.8, 4) is 0 Å². The number of hydrogen-bond acceptors (Lipinski definition) is 3. The second-order valence-corrected chi connectivity index (χ2v) is 6.79. The summed E-state index contributed by atoms with van der Waals surface area (Å²) in [6.45, 7) is 4.19. The highest BCUT2D eigenvalue weighted by atomic mass is 16.1. The van der Waals surface area contributed by atoms with Gasteiger partial charge in [0.25, 0.3) is 5.56 Å². The third kappa shape index (κ3) is 2.18. The molecular weight excluding hydrogens is 288 g/mol. The summed E-state index contributed by atoms with van der Waals surface area (Å²) >= 11 is 0. The highest BCUT2D eigenvalue weighted by Gasteiger charge is 2.24. The Bertz CT molecular complexity index is 945. The summed E-state index contributed by atoms with van der Waals surface area (Å²) in [5.41, 5.74) is 4.12. The van der Waals surface area contributed by atoms with Gasteiger partial charge in [-0.1, -0.05) is 11.6 Å². The molecule has 1 aliphatic rings. The van der Waals surface area contributed by atoms with Gasteiger partial charge in [-0.2, -0.15) is 0 Å². The molecule has 4 rings (SSSR count). The molecule has 1 saturated heterocycles. The molecule has 1 aliphatic heterocycles. The first kappa shape index (κ1) is 14.5. The van der Waals surface area contributed by atoms with E-state index in [-0.39, 0.29) is 5.56 Å². The Balaban J connectivity index is 1.97. The standard InChI is InChI=1S/C18H22N4O/c1-12-4-5-15-14(10-12)18(23)21(3)17-16(19-11-22(15)17)13-6-8-20(2)9-7-13/h4-5,10-11,13H,6-9H2,1-3H3. The van der Waals surface area contributed by atoms with Crippen LogP contribution >= 0.6 is 0 Å². The van der Waals surface area contributed by atoms with Gasteiger partial charge >= 0.3 is 0 Å². The van der Waals surface area contributed by atoms with E-state index in [0.717, 1.165) is 53.7 Å². The van der Waals surface area contributed by atoms with Crippen molar-refractivity contribution >= 4 is 16.6 Å². The van der Waals surface area contributed by atoms with Gasteiger partial charge in [-0.3, -0.25) is 13.8 Å². The molecule has 1 fully saturated rings. The molecule has 0 saturated carbocycles. The largest absolute Gasteiger partial charge is 0.306 e. The first-order valence-electron chi connectivity index (χ1n) is 8.21. The molecule has 0 aliphatic carbocycles. The zero-order valence-electron chi connectivity index (χ0n) is 13.9. The number of likely N-dealkylation sites (tertiary alicyclic amines) is 1. The van der Waals surface area contributed by atoms with E-state index in [1.54, 1.807) is 4.57 Å². The van der Waals surface area contributed by atoms with E-state index in [0.29, 0.717) is 5.92 Å². The van der Waals surface area contributed by atoms with Crippen LogP contribution in [-0.4, -0.2) is 39.0 Å². The number of imidazole rings is 1. The molecule has 3 aromatic rings. The average Bonchev–Trinajstić information content (AvgIpc) is 2.98. The van der Waals surface area contributed by atoms with Crippen molar-refractivity contribution in [3.05, 3.63) is 46.1 Å². The molecule has 0 bridgehead atoms. The van der Waals surface area contributed by atoms with Crippen molar-refractivity contribution in [3.63, 3.8) is 0 Å². The Morgan fingerprint density at radius 3 is 2.65 bits per heavy atom. The lowest BCUT2D eigenvalue weighted by molar-refractivity contribution is 0.254. The second kappa shape index (κ2) is 5.20. The summed E-state index contributed by atoms with van der Waals surface area (Å²) in [4.78, 5) is 19.8. The molecular formula is C18H22N4O. The van der Waals surface area contributed by atoms with Crippen molar-refractivity contribution in [2.24, 2.45) is 7.05 Å². The van der Waals surface area contributed by atoms with E-state index in [1.807, 2.05) is 32.4 Å². The molecule has 2 aromatic heterocycles. The normalized spacial score (nSPS) is 17.3. The molecule has 0 N–H and O–H groups in total. The van der Waals surface area contributed by atoms with Crippen LogP contribution < -0.4 is 5.56 Å². The minimum Gasteiger partial charge on any atom is -0.306 e. The molecule has 0 atom stereocenters. The van der Waals surface area contributed by atoms with Crippen LogP contribution in [0.2, 0.25) is 0 Å². The number of piperidine rings is 1. The molecule has 23 heavy (non-hydrogen) atoms. The molecule has 5 nitrogen and oxygen atoms in total. The van der Waals surface area contributed by atoms with E-state index < -0.39 is 0 Å². The number of benzene rings is 1. The summed E-state index contributed by atoms with van der Waals surface area (Å²) in [6, 6.07) is 6.04. The SMILES string of the molecule is Cc1ccc2c(c1)c(=O)n(C)c1c(C3CCN(C)CC3)ncn21. The Hall–Kier alpha value is -2.14. The maximum Gasteiger partial charge on any atom is 0.261 e. The van der Waals surface area contributed by atoms with E-state index in [4.69, 9.17) is 4.98 Å². The number of rotatable bonds is 1. The van der Waals surface area contributed by atoms with Gasteiger partial charge in [0, 0.05) is 13.0 Å². The molecule has 0 amide bonds. The fourth-order valence-corrected chi connectivity index (χ4v) is 3.74. The van der Waals surface area contributed by atoms with Gasteiger partial charge in [0.1, 0.15) is 12.0 Å². The minimum absolute atomic E-state index is 0.0610. The van der Waals surface area contributed by atoms with Crippen LogP contribution in [0.1, 0.15) is 30.0 Å². The highest BCUT2D eigenvalue weighted by molar-refractivity contribution is 5.82. The summed E-state index contributed by atoms with van der Waals surface area (Å²) in [5, 5.41) is 0.757. The quantitative estimate of drug-likeness (QED) is 0.693. The van der Waals surface area contributed by atoms with E-state index in [1.165, 1.54) is 0 Å². The molecule has 5 heteroatoms. The zero-order chi connectivity index (χ0) is 16.1. The number of hydrogen-bond donors (Lipinski definition) is 0. The smallest absolute Gasteiger partial charge is 0.261 e. The van der Waals surface area contributed by atoms with Crippen LogP contribution in [-0.2, 0) is 7.05 Å². The first-order chi connectivity index (χ1) is 11.1. The number of nitrogens with zero attached hydrogens (tertiary/aromatic N) is 4. The third-order valence-corrected chi connectivity index (χ3v) is 5.14. The lowest BCUT2D eigenvalue weighted by Gasteiger charge is -2.28.